The summed E-state index contributed by atoms with van der Waals surface area (Å²) in [5, 5.41) is 9.06. The molecule has 21 heavy (non-hydrogen) atoms. The number of nitrogens with zero attached hydrogens (tertiary/aromatic N) is 1. The number of anilines is 1. The standard InChI is InChI=1S/C14H18FNO4S/c1-2-21(19,20)11-5-6-13(12(15)8-11)16-7-3-4-10(9-16)14(17)18/h5-6,8,10H,2-4,7,9H2,1H3,(H,17,18). The lowest BCUT2D eigenvalue weighted by Gasteiger charge is -2.32. The van der Waals surface area contributed by atoms with E-state index in [1.54, 1.807) is 4.90 Å². The van der Waals surface area contributed by atoms with Crippen molar-refractivity contribution in [2.75, 3.05) is 23.7 Å². The van der Waals surface area contributed by atoms with Gasteiger partial charge in [0.25, 0.3) is 0 Å². The fraction of sp³-hybridized carbons (Fsp3) is 0.500. The van der Waals surface area contributed by atoms with E-state index in [1.165, 1.54) is 19.1 Å². The van der Waals surface area contributed by atoms with Gasteiger partial charge in [-0.3, -0.25) is 4.79 Å². The van der Waals surface area contributed by atoms with Crippen LogP contribution in [0.1, 0.15) is 19.8 Å². The van der Waals surface area contributed by atoms with Crippen LogP contribution < -0.4 is 4.90 Å². The average Bonchev–Trinajstić information content (AvgIpc) is 2.47. The van der Waals surface area contributed by atoms with Crippen molar-refractivity contribution >= 4 is 21.5 Å². The molecule has 1 heterocycles. The third-order valence-electron chi connectivity index (χ3n) is 3.77. The van der Waals surface area contributed by atoms with Gasteiger partial charge in [0.1, 0.15) is 5.82 Å². The van der Waals surface area contributed by atoms with E-state index < -0.39 is 27.5 Å². The number of halogens is 1. The third kappa shape index (κ3) is 3.34. The number of rotatable bonds is 4. The van der Waals surface area contributed by atoms with Crippen LogP contribution in [0.2, 0.25) is 0 Å². The first-order chi connectivity index (χ1) is 9.85. The van der Waals surface area contributed by atoms with Crippen LogP contribution >= 0.6 is 0 Å². The van der Waals surface area contributed by atoms with Gasteiger partial charge in [-0.05, 0) is 31.0 Å². The van der Waals surface area contributed by atoms with Crippen LogP contribution in [-0.2, 0) is 14.6 Å². The molecule has 1 aliphatic rings. The number of carbonyl (C=O) groups is 1. The topological polar surface area (TPSA) is 74.7 Å². The minimum Gasteiger partial charge on any atom is -0.481 e. The maximum absolute atomic E-state index is 14.2. The summed E-state index contributed by atoms with van der Waals surface area (Å²) in [7, 11) is -3.45. The molecular weight excluding hydrogens is 297 g/mol. The Kier molecular flexibility index (Phi) is 4.51. The van der Waals surface area contributed by atoms with Crippen molar-refractivity contribution in [2.45, 2.75) is 24.7 Å². The predicted molar refractivity (Wildman–Crippen MR) is 76.7 cm³/mol. The molecule has 1 aromatic carbocycles. The average molecular weight is 315 g/mol. The molecule has 1 aromatic rings. The van der Waals surface area contributed by atoms with E-state index in [0.29, 0.717) is 19.4 Å². The van der Waals surface area contributed by atoms with Crippen molar-refractivity contribution in [1.29, 1.82) is 0 Å². The number of sulfone groups is 1. The van der Waals surface area contributed by atoms with Crippen LogP contribution in [0, 0.1) is 11.7 Å². The quantitative estimate of drug-likeness (QED) is 0.919. The minimum atomic E-state index is -3.45. The molecular formula is C14H18FNO4S. The predicted octanol–water partition coefficient (Wildman–Crippen LogP) is 1.92. The molecule has 0 spiro atoms. The molecule has 116 valence electrons. The highest BCUT2D eigenvalue weighted by atomic mass is 32.2. The fourth-order valence-electron chi connectivity index (χ4n) is 2.50. The van der Waals surface area contributed by atoms with Crippen LogP contribution in [0.5, 0.6) is 0 Å². The van der Waals surface area contributed by atoms with Gasteiger partial charge in [0, 0.05) is 13.1 Å². The molecule has 1 fully saturated rings. The smallest absolute Gasteiger partial charge is 0.308 e. The summed E-state index contributed by atoms with van der Waals surface area (Å²) in [6, 6.07) is 3.81. The summed E-state index contributed by atoms with van der Waals surface area (Å²) in [6.45, 7) is 2.32. The number of hydrogen-bond donors (Lipinski definition) is 1. The lowest BCUT2D eigenvalue weighted by molar-refractivity contribution is -0.141. The SMILES string of the molecule is CCS(=O)(=O)c1ccc(N2CCCC(C(=O)O)C2)c(F)c1. The highest BCUT2D eigenvalue weighted by Crippen LogP contribution is 2.27. The lowest BCUT2D eigenvalue weighted by Crippen LogP contribution is -2.39. The molecule has 1 saturated heterocycles. The molecule has 2 rings (SSSR count). The van der Waals surface area contributed by atoms with Gasteiger partial charge in [-0.25, -0.2) is 12.8 Å². The Morgan fingerprint density at radius 3 is 2.76 bits per heavy atom. The first-order valence-electron chi connectivity index (χ1n) is 6.85. The van der Waals surface area contributed by atoms with Gasteiger partial charge in [-0.2, -0.15) is 0 Å². The van der Waals surface area contributed by atoms with Crippen LogP contribution in [0.25, 0.3) is 0 Å². The third-order valence-corrected chi connectivity index (χ3v) is 5.50. The van der Waals surface area contributed by atoms with Crippen LogP contribution in [0.3, 0.4) is 0 Å². The normalized spacial score (nSPS) is 19.5. The van der Waals surface area contributed by atoms with Crippen molar-refractivity contribution in [1.82, 2.24) is 0 Å². The van der Waals surface area contributed by atoms with Gasteiger partial charge >= 0.3 is 5.97 Å². The van der Waals surface area contributed by atoms with E-state index in [1.807, 2.05) is 0 Å². The number of carboxylic acid groups (broad SMARTS) is 1. The molecule has 0 radical (unpaired) electrons. The molecule has 0 aromatic heterocycles. The Morgan fingerprint density at radius 2 is 2.19 bits per heavy atom. The first kappa shape index (κ1) is 15.8. The summed E-state index contributed by atoms with van der Waals surface area (Å²) >= 11 is 0. The van der Waals surface area contributed by atoms with Crippen LogP contribution in [0.4, 0.5) is 10.1 Å². The monoisotopic (exact) mass is 315 g/mol. The highest BCUT2D eigenvalue weighted by molar-refractivity contribution is 7.91. The van der Waals surface area contributed by atoms with E-state index in [9.17, 15) is 17.6 Å². The van der Waals surface area contributed by atoms with E-state index in [0.717, 1.165) is 6.07 Å². The zero-order valence-corrected chi connectivity index (χ0v) is 12.6. The maximum atomic E-state index is 14.2. The summed E-state index contributed by atoms with van der Waals surface area (Å²) in [5.41, 5.74) is 0.260. The van der Waals surface area contributed by atoms with Crippen molar-refractivity contribution in [3.05, 3.63) is 24.0 Å². The Bertz CT molecular complexity index is 644. The highest BCUT2D eigenvalue weighted by Gasteiger charge is 2.27. The molecule has 0 aliphatic carbocycles. The Morgan fingerprint density at radius 1 is 1.48 bits per heavy atom. The van der Waals surface area contributed by atoms with Gasteiger partial charge < -0.3 is 10.0 Å². The summed E-state index contributed by atoms with van der Waals surface area (Å²) < 4.78 is 37.6. The molecule has 0 saturated carbocycles. The van der Waals surface area contributed by atoms with Crippen molar-refractivity contribution in [3.8, 4) is 0 Å². The second-order valence-corrected chi connectivity index (χ2v) is 7.42. The van der Waals surface area contributed by atoms with Gasteiger partial charge in [0.05, 0.1) is 22.3 Å². The fourth-order valence-corrected chi connectivity index (χ4v) is 3.39. The Balaban J connectivity index is 2.27. The van der Waals surface area contributed by atoms with Gasteiger partial charge in [0.15, 0.2) is 9.84 Å². The van der Waals surface area contributed by atoms with Crippen molar-refractivity contribution in [3.63, 3.8) is 0 Å². The molecule has 1 N–H and O–H groups in total. The largest absolute Gasteiger partial charge is 0.481 e. The van der Waals surface area contributed by atoms with E-state index in [2.05, 4.69) is 0 Å². The van der Waals surface area contributed by atoms with Crippen LogP contribution in [-0.4, -0.2) is 38.3 Å². The van der Waals surface area contributed by atoms with E-state index >= 15 is 0 Å². The van der Waals surface area contributed by atoms with Crippen molar-refractivity contribution in [2.24, 2.45) is 5.92 Å². The molecule has 7 heteroatoms. The van der Waals surface area contributed by atoms with Crippen molar-refractivity contribution < 1.29 is 22.7 Å². The number of carboxylic acids is 1. The van der Waals surface area contributed by atoms with Crippen LogP contribution in [0.15, 0.2) is 23.1 Å². The van der Waals surface area contributed by atoms with Gasteiger partial charge in [-0.1, -0.05) is 6.92 Å². The molecule has 5 nitrogen and oxygen atoms in total. The van der Waals surface area contributed by atoms with Gasteiger partial charge in [-0.15, -0.1) is 0 Å². The molecule has 1 aliphatic heterocycles. The second kappa shape index (κ2) is 6.01. The van der Waals surface area contributed by atoms with E-state index in [-0.39, 0.29) is 22.9 Å². The first-order valence-corrected chi connectivity index (χ1v) is 8.50. The summed E-state index contributed by atoms with van der Waals surface area (Å²) in [4.78, 5) is 12.7. The molecule has 1 unspecified atom stereocenters. The zero-order valence-electron chi connectivity index (χ0n) is 11.8. The number of benzene rings is 1. The Labute approximate surface area is 123 Å². The molecule has 0 amide bonds. The minimum absolute atomic E-state index is 0.0435. The number of aliphatic carboxylic acids is 1. The summed E-state index contributed by atoms with van der Waals surface area (Å²) in [5.74, 6) is -2.12. The van der Waals surface area contributed by atoms with Gasteiger partial charge in [0.2, 0.25) is 0 Å². The zero-order chi connectivity index (χ0) is 15.6. The number of piperidine rings is 1. The number of hydrogen-bond acceptors (Lipinski definition) is 4. The summed E-state index contributed by atoms with van der Waals surface area (Å²) in [6.07, 6.45) is 1.25. The molecule has 1 atom stereocenters. The lowest BCUT2D eigenvalue weighted by atomic mass is 9.98. The molecule has 0 bridgehead atoms. The second-order valence-electron chi connectivity index (χ2n) is 5.14. The van der Waals surface area contributed by atoms with E-state index in [4.69, 9.17) is 5.11 Å². The maximum Gasteiger partial charge on any atom is 0.308 e. The Hall–Kier alpha value is -1.63.